The molecule has 0 fully saturated rings. The summed E-state index contributed by atoms with van der Waals surface area (Å²) >= 11 is 0. The molecule has 2 nitrogen and oxygen atoms in total. The van der Waals surface area contributed by atoms with E-state index in [0.29, 0.717) is 10.6 Å². The van der Waals surface area contributed by atoms with E-state index in [1.54, 1.807) is 18.2 Å². The second-order valence-corrected chi connectivity index (χ2v) is 5.35. The smallest absolute Gasteiger partial charge is 0.0726 e. The molecule has 76 valence electrons. The van der Waals surface area contributed by atoms with E-state index in [1.165, 1.54) is 0 Å². The van der Waals surface area contributed by atoms with Gasteiger partial charge in [0.15, 0.2) is 0 Å². The molecule has 14 heavy (non-hydrogen) atoms. The summed E-state index contributed by atoms with van der Waals surface area (Å²) in [5.41, 5.74) is 0. The number of nitrogens with one attached hydrogen (secondary N) is 1. The molecule has 0 amide bonds. The Kier molecular flexibility index (Phi) is 3.89. The summed E-state index contributed by atoms with van der Waals surface area (Å²) in [7, 11) is -2.58. The average molecular weight is 209 g/mol. The topological polar surface area (TPSA) is 40.9 Å². The van der Waals surface area contributed by atoms with Gasteiger partial charge in [-0.05, 0) is 25.0 Å². The summed E-state index contributed by atoms with van der Waals surface area (Å²) in [6.45, 7) is 3.60. The molecule has 0 aromatic heterocycles. The fourth-order valence-corrected chi connectivity index (χ4v) is 2.59. The number of rotatable bonds is 5. The number of benzene rings is 1. The highest BCUT2D eigenvalue weighted by Crippen LogP contribution is 2.12. The number of allylic oxidation sites excluding steroid dienone is 1. The van der Waals surface area contributed by atoms with Crippen molar-refractivity contribution in [2.24, 2.45) is 0 Å². The summed E-state index contributed by atoms with van der Waals surface area (Å²) in [6.07, 6.45) is 3.38. The van der Waals surface area contributed by atoms with Crippen LogP contribution in [0.2, 0.25) is 0 Å². The molecule has 1 atom stereocenters. The van der Waals surface area contributed by atoms with Gasteiger partial charge >= 0.3 is 0 Å². The van der Waals surface area contributed by atoms with Crippen molar-refractivity contribution in [1.29, 1.82) is 4.78 Å². The molecule has 1 unspecified atom stereocenters. The quantitative estimate of drug-likeness (QED) is 0.587. The molecule has 1 aromatic rings. The fourth-order valence-electron chi connectivity index (χ4n) is 1.19. The Labute approximate surface area is 85.6 Å². The van der Waals surface area contributed by atoms with Crippen molar-refractivity contribution in [2.75, 3.05) is 5.75 Å². The molecule has 0 saturated carbocycles. The lowest BCUT2D eigenvalue weighted by Gasteiger charge is -2.05. The van der Waals surface area contributed by atoms with Crippen LogP contribution in [0.5, 0.6) is 0 Å². The lowest BCUT2D eigenvalue weighted by molar-refractivity contribution is 0.672. The Hall–Kier alpha value is -1.09. The van der Waals surface area contributed by atoms with E-state index in [9.17, 15) is 4.21 Å². The zero-order valence-corrected chi connectivity index (χ0v) is 8.93. The van der Waals surface area contributed by atoms with Crippen LogP contribution in [0.25, 0.3) is 0 Å². The van der Waals surface area contributed by atoms with Gasteiger partial charge in [-0.25, -0.2) is 8.99 Å². The molecule has 0 aliphatic carbocycles. The van der Waals surface area contributed by atoms with E-state index in [1.807, 2.05) is 18.2 Å². The first-order valence-electron chi connectivity index (χ1n) is 4.59. The molecule has 3 heteroatoms. The van der Waals surface area contributed by atoms with Crippen molar-refractivity contribution < 1.29 is 4.21 Å². The standard InChI is InChI=1S/C11H15NOS/c1-2-3-7-10-14(12,13)11-8-5-4-6-9-11/h2,4-6,8-9,12H,1,3,7,10H2. The Bertz CT molecular complexity index is 381. The van der Waals surface area contributed by atoms with Crippen molar-refractivity contribution in [2.45, 2.75) is 17.7 Å². The first-order valence-corrected chi connectivity index (χ1v) is 6.32. The molecule has 0 heterocycles. The summed E-state index contributed by atoms with van der Waals surface area (Å²) in [5.74, 6) is 0.420. The largest absolute Gasteiger partial charge is 0.249 e. The van der Waals surface area contributed by atoms with Crippen LogP contribution < -0.4 is 0 Å². The Morgan fingerprint density at radius 2 is 2.00 bits per heavy atom. The second-order valence-electron chi connectivity index (χ2n) is 3.12. The van der Waals surface area contributed by atoms with E-state index in [2.05, 4.69) is 6.58 Å². The summed E-state index contributed by atoms with van der Waals surface area (Å²) < 4.78 is 19.6. The van der Waals surface area contributed by atoms with Gasteiger partial charge in [0.25, 0.3) is 0 Å². The summed E-state index contributed by atoms with van der Waals surface area (Å²) in [5, 5.41) is 0. The van der Waals surface area contributed by atoms with Gasteiger partial charge in [-0.15, -0.1) is 6.58 Å². The molecule has 0 aliphatic rings. The maximum atomic E-state index is 11.9. The zero-order valence-electron chi connectivity index (χ0n) is 8.11. The van der Waals surface area contributed by atoms with Crippen LogP contribution in [-0.4, -0.2) is 9.96 Å². The fraction of sp³-hybridized carbons (Fsp3) is 0.273. The highest BCUT2D eigenvalue weighted by Gasteiger charge is 2.07. The van der Waals surface area contributed by atoms with E-state index in [4.69, 9.17) is 4.78 Å². The van der Waals surface area contributed by atoms with Crippen LogP contribution in [0.15, 0.2) is 47.9 Å². The summed E-state index contributed by atoms with van der Waals surface area (Å²) in [6, 6.07) is 9.00. The van der Waals surface area contributed by atoms with Gasteiger partial charge in [0.1, 0.15) is 0 Å². The third-order valence-electron chi connectivity index (χ3n) is 1.96. The highest BCUT2D eigenvalue weighted by atomic mass is 32.2. The number of hydrogen-bond donors (Lipinski definition) is 1. The average Bonchev–Trinajstić information content (AvgIpc) is 2.19. The van der Waals surface area contributed by atoms with Crippen LogP contribution in [-0.2, 0) is 9.73 Å². The Morgan fingerprint density at radius 1 is 1.36 bits per heavy atom. The Balaban J connectivity index is 2.72. The van der Waals surface area contributed by atoms with Crippen molar-refractivity contribution in [3.05, 3.63) is 43.0 Å². The van der Waals surface area contributed by atoms with Crippen LogP contribution in [0.1, 0.15) is 12.8 Å². The molecule has 0 radical (unpaired) electrons. The van der Waals surface area contributed by atoms with Gasteiger partial charge in [0.2, 0.25) is 0 Å². The van der Waals surface area contributed by atoms with Crippen molar-refractivity contribution in [3.63, 3.8) is 0 Å². The van der Waals surface area contributed by atoms with Crippen LogP contribution in [0.3, 0.4) is 0 Å². The van der Waals surface area contributed by atoms with Crippen molar-refractivity contribution in [1.82, 2.24) is 0 Å². The molecule has 1 N–H and O–H groups in total. The minimum absolute atomic E-state index is 0.420. The van der Waals surface area contributed by atoms with E-state index >= 15 is 0 Å². The van der Waals surface area contributed by atoms with Gasteiger partial charge in [-0.3, -0.25) is 0 Å². The number of unbranched alkanes of at least 4 members (excludes halogenated alkanes) is 1. The lowest BCUT2D eigenvalue weighted by Crippen LogP contribution is -2.04. The van der Waals surface area contributed by atoms with Gasteiger partial charge in [0.05, 0.1) is 9.73 Å². The summed E-state index contributed by atoms with van der Waals surface area (Å²) in [4.78, 5) is 0.629. The van der Waals surface area contributed by atoms with Crippen LogP contribution in [0.4, 0.5) is 0 Å². The SMILES string of the molecule is C=CCCCS(=N)(=O)c1ccccc1. The molecular weight excluding hydrogens is 194 g/mol. The molecular formula is C11H15NOS. The van der Waals surface area contributed by atoms with Gasteiger partial charge in [-0.2, -0.15) is 0 Å². The van der Waals surface area contributed by atoms with Crippen molar-refractivity contribution >= 4 is 9.73 Å². The van der Waals surface area contributed by atoms with E-state index in [-0.39, 0.29) is 0 Å². The Morgan fingerprint density at radius 3 is 2.57 bits per heavy atom. The predicted octanol–water partition coefficient (Wildman–Crippen LogP) is 3.06. The molecule has 0 aliphatic heterocycles. The van der Waals surface area contributed by atoms with Gasteiger partial charge in [-0.1, -0.05) is 24.3 Å². The first kappa shape index (κ1) is 11.0. The van der Waals surface area contributed by atoms with Gasteiger partial charge < -0.3 is 0 Å². The molecule has 1 rings (SSSR count). The zero-order chi connectivity index (χ0) is 10.4. The number of hydrogen-bond acceptors (Lipinski definition) is 2. The molecule has 0 saturated heterocycles. The van der Waals surface area contributed by atoms with E-state index in [0.717, 1.165) is 12.8 Å². The highest BCUT2D eigenvalue weighted by molar-refractivity contribution is 7.92. The minimum atomic E-state index is -2.58. The first-order chi connectivity index (χ1) is 6.67. The maximum Gasteiger partial charge on any atom is 0.0726 e. The third-order valence-corrected chi connectivity index (χ3v) is 3.86. The van der Waals surface area contributed by atoms with Crippen LogP contribution in [0, 0.1) is 4.78 Å². The third kappa shape index (κ3) is 3.00. The monoisotopic (exact) mass is 209 g/mol. The maximum absolute atomic E-state index is 11.9. The molecule has 0 bridgehead atoms. The normalized spacial score (nSPS) is 14.6. The predicted molar refractivity (Wildman–Crippen MR) is 59.9 cm³/mol. The lowest BCUT2D eigenvalue weighted by atomic mass is 10.3. The second kappa shape index (κ2) is 4.96. The minimum Gasteiger partial charge on any atom is -0.249 e. The van der Waals surface area contributed by atoms with Gasteiger partial charge in [0, 0.05) is 10.6 Å². The van der Waals surface area contributed by atoms with Crippen molar-refractivity contribution in [3.8, 4) is 0 Å². The molecule has 0 spiro atoms. The van der Waals surface area contributed by atoms with Crippen LogP contribution >= 0.6 is 0 Å². The van der Waals surface area contributed by atoms with E-state index < -0.39 is 9.73 Å². The molecule has 1 aromatic carbocycles.